The number of benzene rings is 2. The minimum absolute atomic E-state index is 0.0521. The number of hydrogen-bond acceptors (Lipinski definition) is 4. The van der Waals surface area contributed by atoms with Gasteiger partial charge in [0.05, 0.1) is 11.4 Å². The van der Waals surface area contributed by atoms with Gasteiger partial charge in [0.2, 0.25) is 5.91 Å². The van der Waals surface area contributed by atoms with E-state index in [-0.39, 0.29) is 5.91 Å². The number of halogens is 2. The van der Waals surface area contributed by atoms with E-state index in [4.69, 9.17) is 11.6 Å². The van der Waals surface area contributed by atoms with E-state index in [1.165, 1.54) is 11.8 Å². The summed E-state index contributed by atoms with van der Waals surface area (Å²) in [5, 5.41) is 12.7. The van der Waals surface area contributed by atoms with Crippen molar-refractivity contribution in [1.29, 1.82) is 0 Å². The number of nitrogens with zero attached hydrogens (tertiary/aromatic N) is 2. The summed E-state index contributed by atoms with van der Waals surface area (Å²) in [4.78, 5) is 12.0. The fourth-order valence-corrected chi connectivity index (χ4v) is 3.20. The van der Waals surface area contributed by atoms with Gasteiger partial charge in [0.1, 0.15) is 5.03 Å². The summed E-state index contributed by atoms with van der Waals surface area (Å²) in [5.74, 6) is 0.239. The molecule has 132 valence electrons. The Morgan fingerprint density at radius 1 is 1.00 bits per heavy atom. The van der Waals surface area contributed by atoms with Gasteiger partial charge in [0, 0.05) is 21.6 Å². The second-order valence-corrected chi connectivity index (χ2v) is 7.80. The Hall–Kier alpha value is -1.89. The molecular formula is C19H15BrClN3OS. The molecule has 26 heavy (non-hydrogen) atoms. The van der Waals surface area contributed by atoms with Crippen molar-refractivity contribution in [3.8, 4) is 11.3 Å². The Morgan fingerprint density at radius 2 is 1.73 bits per heavy atom. The number of aromatic nitrogens is 2. The van der Waals surface area contributed by atoms with E-state index in [1.807, 2.05) is 48.5 Å². The third-order valence-electron chi connectivity index (χ3n) is 3.53. The second kappa shape index (κ2) is 9.16. The van der Waals surface area contributed by atoms with Crippen molar-refractivity contribution in [3.63, 3.8) is 0 Å². The maximum absolute atomic E-state index is 12.0. The van der Waals surface area contributed by atoms with E-state index < -0.39 is 0 Å². The minimum atomic E-state index is -0.0521. The van der Waals surface area contributed by atoms with Crippen LogP contribution < -0.4 is 5.32 Å². The number of carbonyl (C=O) groups excluding carboxylic acids is 1. The number of rotatable bonds is 6. The fourth-order valence-electron chi connectivity index (χ4n) is 2.17. The molecule has 0 atom stereocenters. The topological polar surface area (TPSA) is 54.9 Å². The van der Waals surface area contributed by atoms with Gasteiger partial charge in [-0.2, -0.15) is 0 Å². The van der Waals surface area contributed by atoms with Crippen LogP contribution in [0.5, 0.6) is 0 Å². The quantitative estimate of drug-likeness (QED) is 0.541. The van der Waals surface area contributed by atoms with Crippen LogP contribution in [0.4, 0.5) is 0 Å². The molecule has 3 rings (SSSR count). The van der Waals surface area contributed by atoms with Gasteiger partial charge in [-0.05, 0) is 42.0 Å². The molecule has 1 amide bonds. The first-order chi connectivity index (χ1) is 12.6. The summed E-state index contributed by atoms with van der Waals surface area (Å²) in [6, 6.07) is 19.1. The molecule has 0 unspecified atom stereocenters. The van der Waals surface area contributed by atoms with Gasteiger partial charge >= 0.3 is 0 Å². The Labute approximate surface area is 169 Å². The lowest BCUT2D eigenvalue weighted by Gasteiger charge is -2.06. The summed E-state index contributed by atoms with van der Waals surface area (Å²) in [6.45, 7) is 0.477. The molecule has 1 N–H and O–H groups in total. The third-order valence-corrected chi connectivity index (χ3v) is 5.23. The smallest absolute Gasteiger partial charge is 0.230 e. The van der Waals surface area contributed by atoms with Crippen LogP contribution in [0, 0.1) is 0 Å². The van der Waals surface area contributed by atoms with Crippen LogP contribution in [-0.2, 0) is 11.3 Å². The fraction of sp³-hybridized carbons (Fsp3) is 0.105. The lowest BCUT2D eigenvalue weighted by Crippen LogP contribution is -2.24. The standard InChI is InChI=1S/C19H15BrClN3OS/c20-15-5-3-14(4-6-15)17-9-10-19(24-23-17)26-12-18(25)22-11-13-1-7-16(21)8-2-13/h1-10H,11-12H2,(H,22,25). The predicted octanol–water partition coefficient (Wildman–Crippen LogP) is 4.97. The van der Waals surface area contributed by atoms with E-state index in [2.05, 4.69) is 31.4 Å². The number of thioether (sulfide) groups is 1. The van der Waals surface area contributed by atoms with Gasteiger partial charge in [0.25, 0.3) is 0 Å². The number of carbonyl (C=O) groups is 1. The lowest BCUT2D eigenvalue weighted by molar-refractivity contribution is -0.118. The van der Waals surface area contributed by atoms with Crippen LogP contribution in [-0.4, -0.2) is 21.9 Å². The van der Waals surface area contributed by atoms with Crippen LogP contribution in [0.1, 0.15) is 5.56 Å². The number of amides is 1. The highest BCUT2D eigenvalue weighted by atomic mass is 79.9. The Morgan fingerprint density at radius 3 is 2.38 bits per heavy atom. The Bertz CT molecular complexity index is 871. The molecule has 0 aliphatic rings. The van der Waals surface area contributed by atoms with E-state index in [9.17, 15) is 4.79 Å². The average Bonchev–Trinajstić information content (AvgIpc) is 2.67. The molecule has 0 radical (unpaired) electrons. The lowest BCUT2D eigenvalue weighted by atomic mass is 10.1. The zero-order chi connectivity index (χ0) is 18.4. The normalized spacial score (nSPS) is 10.5. The highest BCUT2D eigenvalue weighted by molar-refractivity contribution is 9.10. The molecule has 0 saturated heterocycles. The molecule has 0 aliphatic heterocycles. The summed E-state index contributed by atoms with van der Waals surface area (Å²) in [7, 11) is 0. The molecule has 0 saturated carbocycles. The first kappa shape index (κ1) is 18.9. The molecule has 1 aromatic heterocycles. The molecule has 7 heteroatoms. The zero-order valence-electron chi connectivity index (χ0n) is 13.7. The van der Waals surface area contributed by atoms with E-state index >= 15 is 0 Å². The van der Waals surface area contributed by atoms with Gasteiger partial charge in [-0.3, -0.25) is 4.79 Å². The van der Waals surface area contributed by atoms with Crippen molar-refractivity contribution in [2.75, 3.05) is 5.75 Å². The molecule has 0 fully saturated rings. The molecule has 0 spiro atoms. The number of hydrogen-bond donors (Lipinski definition) is 1. The predicted molar refractivity (Wildman–Crippen MR) is 109 cm³/mol. The first-order valence-corrected chi connectivity index (χ1v) is 9.99. The molecule has 1 heterocycles. The van der Waals surface area contributed by atoms with E-state index in [0.717, 1.165) is 21.3 Å². The van der Waals surface area contributed by atoms with Crippen molar-refractivity contribution in [3.05, 3.63) is 75.7 Å². The van der Waals surface area contributed by atoms with E-state index in [0.29, 0.717) is 22.3 Å². The van der Waals surface area contributed by atoms with Crippen molar-refractivity contribution < 1.29 is 4.79 Å². The van der Waals surface area contributed by atoms with Crippen molar-refractivity contribution in [2.24, 2.45) is 0 Å². The first-order valence-electron chi connectivity index (χ1n) is 7.84. The maximum atomic E-state index is 12.0. The minimum Gasteiger partial charge on any atom is -0.351 e. The van der Waals surface area contributed by atoms with Crippen molar-refractivity contribution >= 4 is 45.2 Å². The molecular weight excluding hydrogens is 434 g/mol. The van der Waals surface area contributed by atoms with Crippen LogP contribution in [0.25, 0.3) is 11.3 Å². The number of nitrogens with one attached hydrogen (secondary N) is 1. The van der Waals surface area contributed by atoms with Crippen molar-refractivity contribution in [2.45, 2.75) is 11.6 Å². The van der Waals surface area contributed by atoms with Crippen LogP contribution in [0.15, 0.2) is 70.2 Å². The second-order valence-electron chi connectivity index (χ2n) is 5.46. The van der Waals surface area contributed by atoms with Gasteiger partial charge in [-0.15, -0.1) is 10.2 Å². The van der Waals surface area contributed by atoms with E-state index in [1.54, 1.807) is 12.1 Å². The van der Waals surface area contributed by atoms with Gasteiger partial charge in [0.15, 0.2) is 0 Å². The summed E-state index contributed by atoms with van der Waals surface area (Å²) in [6.07, 6.45) is 0. The van der Waals surface area contributed by atoms with Crippen LogP contribution >= 0.6 is 39.3 Å². The third kappa shape index (κ3) is 5.56. The highest BCUT2D eigenvalue weighted by Crippen LogP contribution is 2.21. The van der Waals surface area contributed by atoms with Gasteiger partial charge in [-0.1, -0.05) is 63.6 Å². The van der Waals surface area contributed by atoms with Crippen molar-refractivity contribution in [1.82, 2.24) is 15.5 Å². The molecule has 0 aliphatic carbocycles. The Balaban J connectivity index is 1.49. The molecule has 4 nitrogen and oxygen atoms in total. The van der Waals surface area contributed by atoms with Gasteiger partial charge in [-0.25, -0.2) is 0 Å². The highest BCUT2D eigenvalue weighted by Gasteiger charge is 2.06. The summed E-state index contributed by atoms with van der Waals surface area (Å²) >= 11 is 10.6. The largest absolute Gasteiger partial charge is 0.351 e. The average molecular weight is 449 g/mol. The summed E-state index contributed by atoms with van der Waals surface area (Å²) < 4.78 is 1.02. The molecule has 0 bridgehead atoms. The molecule has 3 aromatic rings. The zero-order valence-corrected chi connectivity index (χ0v) is 16.8. The van der Waals surface area contributed by atoms with Crippen LogP contribution in [0.2, 0.25) is 5.02 Å². The monoisotopic (exact) mass is 447 g/mol. The SMILES string of the molecule is O=C(CSc1ccc(-c2ccc(Br)cc2)nn1)NCc1ccc(Cl)cc1. The molecule has 2 aromatic carbocycles. The van der Waals surface area contributed by atoms with Gasteiger partial charge < -0.3 is 5.32 Å². The summed E-state index contributed by atoms with van der Waals surface area (Å²) in [5.41, 5.74) is 2.80. The van der Waals surface area contributed by atoms with Crippen LogP contribution in [0.3, 0.4) is 0 Å². The Kier molecular flexibility index (Phi) is 6.66. The maximum Gasteiger partial charge on any atom is 0.230 e.